The molecule has 0 saturated heterocycles. The Morgan fingerprint density at radius 2 is 1.90 bits per heavy atom. The molecule has 1 atom stereocenters. The van der Waals surface area contributed by atoms with Crippen molar-refractivity contribution in [3.8, 4) is 0 Å². The highest BCUT2D eigenvalue weighted by molar-refractivity contribution is 9.10. The van der Waals surface area contributed by atoms with E-state index in [4.69, 9.17) is 11.6 Å². The van der Waals surface area contributed by atoms with Crippen molar-refractivity contribution in [2.24, 2.45) is 0 Å². The second-order valence-corrected chi connectivity index (χ2v) is 7.22. The van der Waals surface area contributed by atoms with Gasteiger partial charge >= 0.3 is 0 Å². The molecule has 1 fully saturated rings. The summed E-state index contributed by atoms with van der Waals surface area (Å²) in [5.41, 5.74) is 2.70. The van der Waals surface area contributed by atoms with Gasteiger partial charge in [-0.05, 0) is 61.1 Å². The van der Waals surface area contributed by atoms with Crippen LogP contribution in [0.25, 0.3) is 0 Å². The molecule has 0 unspecified atom stereocenters. The molecule has 0 aliphatic heterocycles. The maximum absolute atomic E-state index is 6.06. The lowest BCUT2D eigenvalue weighted by atomic mass is 9.75. The highest BCUT2D eigenvalue weighted by atomic mass is 79.9. The molecule has 110 valence electrons. The second kappa shape index (κ2) is 6.51. The number of hydrogen-bond donors (Lipinski definition) is 1. The zero-order chi connectivity index (χ0) is 14.8. The van der Waals surface area contributed by atoms with Crippen LogP contribution in [0.5, 0.6) is 0 Å². The van der Waals surface area contributed by atoms with Crippen LogP contribution in [-0.4, -0.2) is 6.04 Å². The first kappa shape index (κ1) is 15.1. The summed E-state index contributed by atoms with van der Waals surface area (Å²) in [6.07, 6.45) is 2.42. The average Bonchev–Trinajstić information content (AvgIpc) is 2.42. The monoisotopic (exact) mass is 363 g/mol. The van der Waals surface area contributed by atoms with Crippen molar-refractivity contribution in [1.82, 2.24) is 5.32 Å². The van der Waals surface area contributed by atoms with Crippen molar-refractivity contribution in [3.63, 3.8) is 0 Å². The summed E-state index contributed by atoms with van der Waals surface area (Å²) in [7, 11) is 0. The first-order valence-electron chi connectivity index (χ1n) is 7.39. The van der Waals surface area contributed by atoms with Crippen LogP contribution < -0.4 is 5.32 Å². The first-order valence-corrected chi connectivity index (χ1v) is 8.56. The Kier molecular flexibility index (Phi) is 4.68. The van der Waals surface area contributed by atoms with E-state index in [0.717, 1.165) is 5.02 Å². The summed E-state index contributed by atoms with van der Waals surface area (Å²) in [4.78, 5) is 0. The Balaban J connectivity index is 1.55. The normalized spacial score (nSPS) is 22.6. The van der Waals surface area contributed by atoms with Gasteiger partial charge in [-0.3, -0.25) is 0 Å². The summed E-state index contributed by atoms with van der Waals surface area (Å²) < 4.78 is 1.17. The van der Waals surface area contributed by atoms with Gasteiger partial charge in [-0.15, -0.1) is 0 Å². The van der Waals surface area contributed by atoms with Gasteiger partial charge in [0.15, 0.2) is 0 Å². The van der Waals surface area contributed by atoms with E-state index >= 15 is 0 Å². The first-order chi connectivity index (χ1) is 10.1. The van der Waals surface area contributed by atoms with Crippen LogP contribution in [0, 0.1) is 0 Å². The molecule has 0 spiro atoms. The lowest BCUT2D eigenvalue weighted by Crippen LogP contribution is -2.41. The van der Waals surface area contributed by atoms with E-state index in [9.17, 15) is 0 Å². The van der Waals surface area contributed by atoms with E-state index in [1.165, 1.54) is 28.4 Å². The van der Waals surface area contributed by atoms with E-state index in [1.807, 2.05) is 18.2 Å². The maximum atomic E-state index is 6.06. The molecule has 0 aromatic heterocycles. The Bertz CT molecular complexity index is 622. The van der Waals surface area contributed by atoms with Crippen molar-refractivity contribution in [3.05, 3.63) is 69.2 Å². The fourth-order valence-corrected chi connectivity index (χ4v) is 3.63. The molecule has 0 bridgehead atoms. The van der Waals surface area contributed by atoms with Gasteiger partial charge in [0.05, 0.1) is 0 Å². The number of nitrogens with one attached hydrogen (secondary N) is 1. The molecule has 1 nitrogen and oxygen atoms in total. The Labute approximate surface area is 139 Å². The Morgan fingerprint density at radius 3 is 2.62 bits per heavy atom. The van der Waals surface area contributed by atoms with Crippen LogP contribution in [0.3, 0.4) is 0 Å². The molecule has 0 amide bonds. The molecule has 0 heterocycles. The second-order valence-electron chi connectivity index (χ2n) is 5.86. The fourth-order valence-electron chi connectivity index (χ4n) is 3.01. The summed E-state index contributed by atoms with van der Waals surface area (Å²) in [5.74, 6) is 0.687. The third kappa shape index (κ3) is 3.68. The summed E-state index contributed by atoms with van der Waals surface area (Å²) in [6, 6.07) is 17.7. The standard InChI is InChI=1S/C18H19BrClN/c1-12(13-4-3-7-17(20)9-13)21-18-10-15(11-18)14-5-2-6-16(19)8-14/h2-9,12,15,18,21H,10-11H2,1H3/t12-,15?,18?/m1/s1. The predicted octanol–water partition coefficient (Wildman–Crippen LogP) is 5.70. The maximum Gasteiger partial charge on any atom is 0.0409 e. The van der Waals surface area contributed by atoms with Gasteiger partial charge in [0.1, 0.15) is 0 Å². The van der Waals surface area contributed by atoms with Gasteiger partial charge in [0.2, 0.25) is 0 Å². The Hall–Kier alpha value is -0.830. The zero-order valence-corrected chi connectivity index (χ0v) is 14.4. The number of rotatable bonds is 4. The van der Waals surface area contributed by atoms with Gasteiger partial charge in [0.25, 0.3) is 0 Å². The predicted molar refractivity (Wildman–Crippen MR) is 92.9 cm³/mol. The van der Waals surface area contributed by atoms with Crippen LogP contribution in [0.2, 0.25) is 5.02 Å². The molecular formula is C18H19BrClN. The van der Waals surface area contributed by atoms with E-state index in [-0.39, 0.29) is 0 Å². The molecule has 1 N–H and O–H groups in total. The number of hydrogen-bond acceptors (Lipinski definition) is 1. The van der Waals surface area contributed by atoms with Gasteiger partial charge < -0.3 is 5.32 Å². The summed E-state index contributed by atoms with van der Waals surface area (Å²) >= 11 is 9.61. The van der Waals surface area contributed by atoms with Gasteiger partial charge in [-0.25, -0.2) is 0 Å². The average molecular weight is 365 g/mol. The molecule has 2 aromatic carbocycles. The third-order valence-corrected chi connectivity index (χ3v) is 5.02. The minimum atomic E-state index is 0.345. The molecule has 3 rings (SSSR count). The lowest BCUT2D eigenvalue weighted by Gasteiger charge is -2.38. The molecule has 3 heteroatoms. The van der Waals surface area contributed by atoms with Crippen molar-refractivity contribution >= 4 is 27.5 Å². The number of benzene rings is 2. The summed E-state index contributed by atoms with van der Waals surface area (Å²) in [5, 5.41) is 4.51. The highest BCUT2D eigenvalue weighted by Gasteiger charge is 2.31. The fraction of sp³-hybridized carbons (Fsp3) is 0.333. The Morgan fingerprint density at radius 1 is 1.14 bits per heavy atom. The van der Waals surface area contributed by atoms with Gasteiger partial charge in [0, 0.05) is 21.6 Å². The van der Waals surface area contributed by atoms with Crippen molar-refractivity contribution in [2.75, 3.05) is 0 Å². The highest BCUT2D eigenvalue weighted by Crippen LogP contribution is 2.38. The molecule has 1 aliphatic rings. The van der Waals surface area contributed by atoms with E-state index in [2.05, 4.69) is 58.5 Å². The largest absolute Gasteiger partial charge is 0.307 e. The lowest BCUT2D eigenvalue weighted by molar-refractivity contribution is 0.271. The molecular weight excluding hydrogens is 346 g/mol. The van der Waals surface area contributed by atoms with Crippen molar-refractivity contribution in [1.29, 1.82) is 0 Å². The van der Waals surface area contributed by atoms with Crippen LogP contribution in [0.15, 0.2) is 53.0 Å². The molecule has 21 heavy (non-hydrogen) atoms. The van der Waals surface area contributed by atoms with Crippen molar-refractivity contribution in [2.45, 2.75) is 37.8 Å². The molecule has 1 aliphatic carbocycles. The SMILES string of the molecule is C[C@@H](NC1CC(c2cccc(Br)c2)C1)c1cccc(Cl)c1. The number of halogens is 2. The van der Waals surface area contributed by atoms with Gasteiger partial charge in [-0.2, -0.15) is 0 Å². The minimum absolute atomic E-state index is 0.345. The molecule has 1 saturated carbocycles. The zero-order valence-electron chi connectivity index (χ0n) is 12.0. The molecule has 0 radical (unpaired) electrons. The van der Waals surface area contributed by atoms with E-state index in [1.54, 1.807) is 0 Å². The van der Waals surface area contributed by atoms with Crippen molar-refractivity contribution < 1.29 is 0 Å². The summed E-state index contributed by atoms with van der Waals surface area (Å²) in [6.45, 7) is 2.21. The molecule has 2 aromatic rings. The minimum Gasteiger partial charge on any atom is -0.307 e. The topological polar surface area (TPSA) is 12.0 Å². The van der Waals surface area contributed by atoms with Crippen LogP contribution in [-0.2, 0) is 0 Å². The smallest absolute Gasteiger partial charge is 0.0409 e. The quantitative estimate of drug-likeness (QED) is 0.734. The van der Waals surface area contributed by atoms with Gasteiger partial charge in [-0.1, -0.05) is 51.8 Å². The van der Waals surface area contributed by atoms with Crippen LogP contribution >= 0.6 is 27.5 Å². The third-order valence-electron chi connectivity index (χ3n) is 4.29. The van der Waals surface area contributed by atoms with Crippen LogP contribution in [0.4, 0.5) is 0 Å². The van der Waals surface area contributed by atoms with E-state index < -0.39 is 0 Å². The van der Waals surface area contributed by atoms with E-state index in [0.29, 0.717) is 18.0 Å². The van der Waals surface area contributed by atoms with Crippen LogP contribution in [0.1, 0.15) is 42.9 Å².